The zero-order valence-electron chi connectivity index (χ0n) is 22.2. The van der Waals surface area contributed by atoms with Crippen LogP contribution in [0.15, 0.2) is 55.0 Å². The minimum absolute atomic E-state index is 0.354. The molecule has 8 nitrogen and oxygen atoms in total. The molecular weight excluding hydrogens is 416 g/mol. The quantitative estimate of drug-likeness (QED) is 0.411. The van der Waals surface area contributed by atoms with E-state index in [2.05, 4.69) is 34.1 Å². The number of hydrogen-bond donors (Lipinski definition) is 1. The van der Waals surface area contributed by atoms with Gasteiger partial charge in [0.15, 0.2) is 0 Å². The first-order valence-corrected chi connectivity index (χ1v) is 10.7. The first-order valence-electron chi connectivity index (χ1n) is 12.2. The molecule has 0 spiro atoms. The van der Waals surface area contributed by atoms with E-state index in [4.69, 9.17) is 18.6 Å². The number of aromatic nitrogens is 4. The topological polar surface area (TPSA) is 77.3 Å². The number of nitrogens with one attached hydrogen (secondary N) is 1. The molecule has 172 valence electrons. The first kappa shape index (κ1) is 18.9. The van der Waals surface area contributed by atoms with Crippen molar-refractivity contribution in [3.63, 3.8) is 0 Å². The van der Waals surface area contributed by atoms with Gasteiger partial charge in [-0.15, -0.1) is 0 Å². The number of ether oxygens (including phenoxy) is 2. The standard InChI is InChI=1S/C25H30N6O2/c1-17(2)26-8-9-31(20-10-21(32-4)13-22(11-20)33-5)19-6-7-23-24(12-19)29-25(15-27-23)18-14-28-30(3)16-18/h6-7,10-17,26H,8-9H2,1-5H3/i3D3. The van der Waals surface area contributed by atoms with E-state index < -0.39 is 6.98 Å². The Labute approximate surface area is 198 Å². The molecule has 0 atom stereocenters. The molecule has 0 saturated carbocycles. The van der Waals surface area contributed by atoms with Crippen molar-refractivity contribution < 1.29 is 13.6 Å². The maximum Gasteiger partial charge on any atom is 0.124 e. The highest BCUT2D eigenvalue weighted by Gasteiger charge is 2.14. The molecule has 0 aliphatic rings. The Hall–Kier alpha value is -3.65. The van der Waals surface area contributed by atoms with Crippen molar-refractivity contribution >= 4 is 22.4 Å². The van der Waals surface area contributed by atoms with Crippen LogP contribution in [-0.2, 0) is 6.98 Å². The van der Waals surface area contributed by atoms with Gasteiger partial charge in [-0.2, -0.15) is 5.10 Å². The number of fused-ring (bicyclic) bond motifs is 1. The second-order valence-corrected chi connectivity index (χ2v) is 7.93. The van der Waals surface area contributed by atoms with Crippen LogP contribution in [0.2, 0.25) is 0 Å². The number of benzene rings is 2. The van der Waals surface area contributed by atoms with E-state index in [-0.39, 0.29) is 0 Å². The smallest absolute Gasteiger partial charge is 0.124 e. The number of aryl methyl sites for hydroxylation is 1. The van der Waals surface area contributed by atoms with Crippen molar-refractivity contribution in [1.29, 1.82) is 0 Å². The Morgan fingerprint density at radius 3 is 2.48 bits per heavy atom. The Morgan fingerprint density at radius 2 is 1.82 bits per heavy atom. The third-order valence-electron chi connectivity index (χ3n) is 5.25. The van der Waals surface area contributed by atoms with Crippen molar-refractivity contribution in [2.45, 2.75) is 19.9 Å². The molecule has 4 aromatic rings. The zero-order chi connectivity index (χ0) is 25.9. The molecule has 0 bridgehead atoms. The largest absolute Gasteiger partial charge is 0.497 e. The number of hydrogen-bond acceptors (Lipinski definition) is 7. The van der Waals surface area contributed by atoms with Crippen LogP contribution in [0.4, 0.5) is 11.4 Å². The van der Waals surface area contributed by atoms with E-state index in [1.165, 1.54) is 12.4 Å². The molecule has 0 fully saturated rings. The Balaban J connectivity index is 1.74. The van der Waals surface area contributed by atoms with Gasteiger partial charge >= 0.3 is 0 Å². The van der Waals surface area contributed by atoms with Crippen LogP contribution in [0, 0.1) is 0 Å². The fraction of sp³-hybridized carbons (Fsp3) is 0.320. The summed E-state index contributed by atoms with van der Waals surface area (Å²) >= 11 is 0. The Morgan fingerprint density at radius 1 is 1.03 bits per heavy atom. The summed E-state index contributed by atoms with van der Waals surface area (Å²) in [7, 11) is 3.26. The summed E-state index contributed by atoms with van der Waals surface area (Å²) in [5.74, 6) is 1.39. The van der Waals surface area contributed by atoms with Crippen molar-refractivity contribution in [2.75, 3.05) is 32.2 Å². The van der Waals surface area contributed by atoms with Gasteiger partial charge in [0.05, 0.1) is 43.3 Å². The lowest BCUT2D eigenvalue weighted by Gasteiger charge is -2.27. The van der Waals surface area contributed by atoms with Gasteiger partial charge in [0.1, 0.15) is 11.5 Å². The molecule has 2 aromatic carbocycles. The van der Waals surface area contributed by atoms with E-state index in [1.807, 2.05) is 36.4 Å². The van der Waals surface area contributed by atoms with Gasteiger partial charge in [-0.3, -0.25) is 9.67 Å². The predicted molar refractivity (Wildman–Crippen MR) is 131 cm³/mol. The molecule has 0 saturated heterocycles. The van der Waals surface area contributed by atoms with E-state index in [9.17, 15) is 0 Å². The van der Waals surface area contributed by atoms with Crippen LogP contribution in [0.1, 0.15) is 18.0 Å². The fourth-order valence-corrected chi connectivity index (χ4v) is 3.58. The predicted octanol–water partition coefficient (Wildman–Crippen LogP) is 4.18. The second kappa shape index (κ2) is 9.87. The highest BCUT2D eigenvalue weighted by atomic mass is 16.5. The summed E-state index contributed by atoms with van der Waals surface area (Å²) < 4.78 is 34.6. The maximum absolute atomic E-state index is 7.55. The lowest BCUT2D eigenvalue weighted by atomic mass is 10.2. The Bertz CT molecular complexity index is 1320. The average molecular weight is 450 g/mol. The van der Waals surface area contributed by atoms with Crippen molar-refractivity contribution in [1.82, 2.24) is 25.1 Å². The lowest BCUT2D eigenvalue weighted by molar-refractivity contribution is 0.394. The lowest BCUT2D eigenvalue weighted by Crippen LogP contribution is -2.32. The molecule has 4 rings (SSSR count). The second-order valence-electron chi connectivity index (χ2n) is 7.93. The van der Waals surface area contributed by atoms with Crippen molar-refractivity contribution in [3.8, 4) is 22.8 Å². The van der Waals surface area contributed by atoms with Crippen LogP contribution in [-0.4, -0.2) is 53.1 Å². The van der Waals surface area contributed by atoms with Crippen molar-refractivity contribution in [3.05, 3.63) is 55.0 Å². The minimum atomic E-state index is -2.35. The molecule has 2 heterocycles. The van der Waals surface area contributed by atoms with E-state index in [0.717, 1.165) is 28.1 Å². The molecule has 0 aliphatic heterocycles. The molecule has 0 radical (unpaired) electrons. The van der Waals surface area contributed by atoms with Gasteiger partial charge < -0.3 is 19.7 Å². The molecular formula is C25H30N6O2. The van der Waals surface area contributed by atoms with E-state index in [0.29, 0.717) is 40.9 Å². The van der Waals surface area contributed by atoms with Crippen LogP contribution < -0.4 is 19.7 Å². The van der Waals surface area contributed by atoms with Gasteiger partial charge in [-0.05, 0) is 18.2 Å². The molecule has 0 amide bonds. The summed E-state index contributed by atoms with van der Waals surface area (Å²) in [5.41, 5.74) is 4.39. The van der Waals surface area contributed by atoms with Gasteiger partial charge in [-0.1, -0.05) is 13.8 Å². The molecule has 1 N–H and O–H groups in total. The molecule has 33 heavy (non-hydrogen) atoms. The normalized spacial score (nSPS) is 12.9. The third kappa shape index (κ3) is 5.23. The third-order valence-corrected chi connectivity index (χ3v) is 5.25. The van der Waals surface area contributed by atoms with E-state index >= 15 is 0 Å². The minimum Gasteiger partial charge on any atom is -0.497 e. The van der Waals surface area contributed by atoms with Crippen LogP contribution in [0.5, 0.6) is 11.5 Å². The SMILES string of the molecule is [2H]C([2H])([2H])n1cc(-c2cnc3ccc(N(CCNC(C)C)c4cc(OC)cc(OC)c4)cc3n2)cn1. The number of rotatable bonds is 9. The monoisotopic (exact) mass is 449 g/mol. The highest BCUT2D eigenvalue weighted by molar-refractivity contribution is 5.82. The summed E-state index contributed by atoms with van der Waals surface area (Å²) in [5, 5.41) is 7.42. The van der Waals surface area contributed by atoms with Gasteiger partial charge in [0.25, 0.3) is 0 Å². The summed E-state index contributed by atoms with van der Waals surface area (Å²) in [4.78, 5) is 11.5. The molecule has 0 unspecified atom stereocenters. The van der Waals surface area contributed by atoms with Gasteiger partial charge in [0, 0.05) is 71.6 Å². The summed E-state index contributed by atoms with van der Waals surface area (Å²) in [6, 6.07) is 12.0. The fourth-order valence-electron chi connectivity index (χ4n) is 3.58. The first-order chi connectivity index (χ1) is 17.2. The maximum atomic E-state index is 7.55. The highest BCUT2D eigenvalue weighted by Crippen LogP contribution is 2.34. The zero-order valence-corrected chi connectivity index (χ0v) is 19.2. The van der Waals surface area contributed by atoms with Crippen LogP contribution in [0.3, 0.4) is 0 Å². The number of nitrogens with zero attached hydrogens (tertiary/aromatic N) is 5. The average Bonchev–Trinajstić information content (AvgIpc) is 3.37. The van der Waals surface area contributed by atoms with E-state index in [1.54, 1.807) is 20.4 Å². The van der Waals surface area contributed by atoms with Gasteiger partial charge in [0.2, 0.25) is 0 Å². The van der Waals surface area contributed by atoms with Crippen molar-refractivity contribution in [2.24, 2.45) is 6.98 Å². The van der Waals surface area contributed by atoms with Crippen LogP contribution in [0.25, 0.3) is 22.3 Å². The van der Waals surface area contributed by atoms with Crippen LogP contribution >= 0.6 is 0 Å². The molecule has 2 aromatic heterocycles. The number of anilines is 2. The molecule has 0 aliphatic carbocycles. The Kier molecular flexibility index (Phi) is 5.65. The molecule has 8 heteroatoms. The summed E-state index contributed by atoms with van der Waals surface area (Å²) in [6.07, 6.45) is 4.57. The number of methoxy groups -OCH3 is 2. The summed E-state index contributed by atoms with van der Waals surface area (Å²) in [6.45, 7) is 3.33. The van der Waals surface area contributed by atoms with Gasteiger partial charge in [-0.25, -0.2) is 4.98 Å².